The number of amides is 1. The Labute approximate surface area is 171 Å². The molecule has 28 heavy (non-hydrogen) atoms. The molecule has 2 aliphatic heterocycles. The van der Waals surface area contributed by atoms with E-state index in [2.05, 4.69) is 11.9 Å². The second kappa shape index (κ2) is 9.36. The first-order chi connectivity index (χ1) is 12.9. The number of nitrogens with zero attached hydrogens (tertiary/aromatic N) is 3. The maximum absolute atomic E-state index is 13.3. The SMILES string of the molecule is CCc1ccc(N2CCN(S(=O)(=O)C3(C(=O)NO)CCOCC3)CC2)nc1.Cl. The zero-order valence-corrected chi connectivity index (χ0v) is 17.5. The van der Waals surface area contributed by atoms with Crippen molar-refractivity contribution in [3.05, 3.63) is 23.9 Å². The quantitative estimate of drug-likeness (QED) is 0.514. The molecule has 2 fully saturated rings. The van der Waals surface area contributed by atoms with Gasteiger partial charge in [-0.2, -0.15) is 4.31 Å². The number of halogens is 1. The summed E-state index contributed by atoms with van der Waals surface area (Å²) in [5, 5.41) is 9.11. The molecular formula is C17H27ClN4O5S. The first kappa shape index (κ1) is 22.8. The Kier molecular flexibility index (Phi) is 7.63. The fourth-order valence-corrected chi connectivity index (χ4v) is 5.72. The van der Waals surface area contributed by atoms with Crippen molar-refractivity contribution in [2.24, 2.45) is 0 Å². The lowest BCUT2D eigenvalue weighted by atomic mass is 9.98. The normalized spacial score (nSPS) is 20.3. The predicted octanol–water partition coefficient (Wildman–Crippen LogP) is 0.572. The van der Waals surface area contributed by atoms with E-state index in [-0.39, 0.29) is 51.6 Å². The van der Waals surface area contributed by atoms with Crippen molar-refractivity contribution in [1.29, 1.82) is 0 Å². The third-order valence-corrected chi connectivity index (χ3v) is 8.06. The highest BCUT2D eigenvalue weighted by molar-refractivity contribution is 7.91. The molecular weight excluding hydrogens is 408 g/mol. The summed E-state index contributed by atoms with van der Waals surface area (Å²) in [4.78, 5) is 18.8. The minimum Gasteiger partial charge on any atom is -0.381 e. The van der Waals surface area contributed by atoms with Gasteiger partial charge < -0.3 is 9.64 Å². The number of hydrogen-bond acceptors (Lipinski definition) is 7. The van der Waals surface area contributed by atoms with E-state index in [1.165, 1.54) is 4.31 Å². The molecule has 0 aliphatic carbocycles. The summed E-state index contributed by atoms with van der Waals surface area (Å²) in [6.07, 6.45) is 2.81. The number of nitrogens with one attached hydrogen (secondary N) is 1. The van der Waals surface area contributed by atoms with E-state index < -0.39 is 20.7 Å². The number of carbonyl (C=O) groups is 1. The number of piperazine rings is 1. The van der Waals surface area contributed by atoms with Gasteiger partial charge in [0, 0.05) is 58.4 Å². The Hall–Kier alpha value is -1.46. The first-order valence-electron chi connectivity index (χ1n) is 9.16. The van der Waals surface area contributed by atoms with Crippen LogP contribution in [0.15, 0.2) is 18.3 Å². The van der Waals surface area contributed by atoms with E-state index in [0.717, 1.165) is 17.8 Å². The van der Waals surface area contributed by atoms with Crippen LogP contribution in [0.5, 0.6) is 0 Å². The van der Waals surface area contributed by atoms with Gasteiger partial charge in [0.25, 0.3) is 5.91 Å². The van der Waals surface area contributed by atoms with Crippen LogP contribution in [-0.4, -0.2) is 73.0 Å². The zero-order chi connectivity index (χ0) is 19.5. The number of ether oxygens (including phenoxy) is 1. The lowest BCUT2D eigenvalue weighted by molar-refractivity contribution is -0.134. The van der Waals surface area contributed by atoms with E-state index in [0.29, 0.717) is 13.1 Å². The number of rotatable bonds is 5. The smallest absolute Gasteiger partial charge is 0.266 e. The maximum Gasteiger partial charge on any atom is 0.266 e. The molecule has 0 unspecified atom stereocenters. The molecule has 2 N–H and O–H groups in total. The molecule has 1 aromatic heterocycles. The molecule has 11 heteroatoms. The number of aryl methyl sites for hydroxylation is 1. The van der Waals surface area contributed by atoms with E-state index in [4.69, 9.17) is 9.94 Å². The lowest BCUT2D eigenvalue weighted by Crippen LogP contribution is -2.62. The highest BCUT2D eigenvalue weighted by Gasteiger charge is 2.54. The van der Waals surface area contributed by atoms with Crippen LogP contribution in [0.3, 0.4) is 0 Å². The number of hydroxylamine groups is 1. The van der Waals surface area contributed by atoms with Crippen LogP contribution >= 0.6 is 12.4 Å². The average molecular weight is 435 g/mol. The van der Waals surface area contributed by atoms with Gasteiger partial charge in [0.2, 0.25) is 10.0 Å². The van der Waals surface area contributed by atoms with E-state index in [1.807, 2.05) is 23.2 Å². The van der Waals surface area contributed by atoms with Crippen LogP contribution in [0.2, 0.25) is 0 Å². The molecule has 0 radical (unpaired) electrons. The predicted molar refractivity (Wildman–Crippen MR) is 106 cm³/mol. The number of pyridine rings is 1. The Morgan fingerprint density at radius 1 is 1.25 bits per heavy atom. The Bertz CT molecular complexity index is 760. The standard InChI is InChI=1S/C17H26N4O5S.ClH/c1-2-14-3-4-15(18-13-14)20-7-9-21(10-8-20)27(24,25)17(16(22)19-23)5-11-26-12-6-17;/h3-4,13,23H,2,5-12H2,1H3,(H,19,22);1H. The topological polar surface area (TPSA) is 112 Å². The van der Waals surface area contributed by atoms with Crippen molar-refractivity contribution >= 4 is 34.2 Å². The molecule has 0 saturated carbocycles. The molecule has 9 nitrogen and oxygen atoms in total. The van der Waals surface area contributed by atoms with Crippen LogP contribution in [0, 0.1) is 0 Å². The monoisotopic (exact) mass is 434 g/mol. The molecule has 3 heterocycles. The summed E-state index contributed by atoms with van der Waals surface area (Å²) in [6, 6.07) is 3.97. The highest BCUT2D eigenvalue weighted by atomic mass is 35.5. The van der Waals surface area contributed by atoms with Gasteiger partial charge in [0.1, 0.15) is 5.82 Å². The summed E-state index contributed by atoms with van der Waals surface area (Å²) in [6.45, 7) is 3.91. The molecule has 2 aliphatic rings. The van der Waals surface area contributed by atoms with E-state index in [9.17, 15) is 13.2 Å². The molecule has 3 rings (SSSR count). The second-order valence-corrected chi connectivity index (χ2v) is 9.06. The Balaban J connectivity index is 0.00000280. The average Bonchev–Trinajstić information content (AvgIpc) is 2.73. The maximum atomic E-state index is 13.3. The van der Waals surface area contributed by atoms with Gasteiger partial charge in [-0.25, -0.2) is 18.9 Å². The second-order valence-electron chi connectivity index (χ2n) is 6.82. The number of anilines is 1. The van der Waals surface area contributed by atoms with Gasteiger partial charge in [-0.3, -0.25) is 10.0 Å². The summed E-state index contributed by atoms with van der Waals surface area (Å²) in [5.74, 6) is -0.0665. The summed E-state index contributed by atoms with van der Waals surface area (Å²) >= 11 is 0. The summed E-state index contributed by atoms with van der Waals surface area (Å²) < 4.78 is 31.4. The van der Waals surface area contributed by atoms with Crippen molar-refractivity contribution in [1.82, 2.24) is 14.8 Å². The van der Waals surface area contributed by atoms with Gasteiger partial charge >= 0.3 is 0 Å². The van der Waals surface area contributed by atoms with Crippen molar-refractivity contribution in [3.63, 3.8) is 0 Å². The number of hydrogen-bond donors (Lipinski definition) is 2. The number of carbonyl (C=O) groups excluding carboxylic acids is 1. The zero-order valence-electron chi connectivity index (χ0n) is 15.8. The molecule has 2 saturated heterocycles. The van der Waals surface area contributed by atoms with Gasteiger partial charge in [-0.05, 0) is 18.1 Å². The first-order valence-corrected chi connectivity index (χ1v) is 10.6. The molecule has 1 amide bonds. The molecule has 0 aromatic carbocycles. The van der Waals surface area contributed by atoms with Gasteiger partial charge in [-0.1, -0.05) is 13.0 Å². The molecule has 1 aromatic rings. The number of sulfonamides is 1. The third kappa shape index (κ3) is 4.11. The van der Waals surface area contributed by atoms with Crippen LogP contribution in [0.1, 0.15) is 25.3 Å². The minimum atomic E-state index is -3.94. The molecule has 0 atom stereocenters. The van der Waals surface area contributed by atoms with Gasteiger partial charge in [-0.15, -0.1) is 12.4 Å². The highest BCUT2D eigenvalue weighted by Crippen LogP contribution is 2.33. The van der Waals surface area contributed by atoms with Crippen molar-refractivity contribution < 1.29 is 23.2 Å². The van der Waals surface area contributed by atoms with Crippen LogP contribution in [0.25, 0.3) is 0 Å². The van der Waals surface area contributed by atoms with Crippen molar-refractivity contribution in [2.75, 3.05) is 44.3 Å². The number of aromatic nitrogens is 1. The van der Waals surface area contributed by atoms with Crippen molar-refractivity contribution in [2.45, 2.75) is 30.9 Å². The van der Waals surface area contributed by atoms with Crippen LogP contribution in [0.4, 0.5) is 5.82 Å². The van der Waals surface area contributed by atoms with Crippen LogP contribution in [-0.2, 0) is 26.0 Å². The molecule has 158 valence electrons. The summed E-state index contributed by atoms with van der Waals surface area (Å²) in [5.41, 5.74) is 2.69. The van der Waals surface area contributed by atoms with Crippen LogP contribution < -0.4 is 10.4 Å². The summed E-state index contributed by atoms with van der Waals surface area (Å²) in [7, 11) is -3.94. The third-order valence-electron chi connectivity index (χ3n) is 5.43. The lowest BCUT2D eigenvalue weighted by Gasteiger charge is -2.41. The van der Waals surface area contributed by atoms with Gasteiger partial charge in [0.15, 0.2) is 4.75 Å². The van der Waals surface area contributed by atoms with E-state index >= 15 is 0 Å². The van der Waals surface area contributed by atoms with Crippen molar-refractivity contribution in [3.8, 4) is 0 Å². The largest absolute Gasteiger partial charge is 0.381 e. The molecule has 0 spiro atoms. The molecule has 0 bridgehead atoms. The van der Waals surface area contributed by atoms with Gasteiger partial charge in [0.05, 0.1) is 0 Å². The Morgan fingerprint density at radius 3 is 2.39 bits per heavy atom. The fourth-order valence-electron chi connectivity index (χ4n) is 3.62. The minimum absolute atomic E-state index is 0. The Morgan fingerprint density at radius 2 is 1.89 bits per heavy atom. The van der Waals surface area contributed by atoms with E-state index in [1.54, 1.807) is 5.48 Å². The fraction of sp³-hybridized carbons (Fsp3) is 0.647.